The Bertz CT molecular complexity index is 752. The van der Waals surface area contributed by atoms with Gasteiger partial charge in [0.25, 0.3) is 0 Å². The van der Waals surface area contributed by atoms with Crippen LogP contribution < -0.4 is 5.32 Å². The maximum Gasteiger partial charge on any atom is 0.335 e. The van der Waals surface area contributed by atoms with Gasteiger partial charge in [0.15, 0.2) is 0 Å². The number of H-pyrrole nitrogens is 1. The van der Waals surface area contributed by atoms with Gasteiger partial charge in [-0.15, -0.1) is 10.2 Å². The molecule has 7 nitrogen and oxygen atoms in total. The second-order valence-electron chi connectivity index (χ2n) is 4.67. The number of anilines is 1. The summed E-state index contributed by atoms with van der Waals surface area (Å²) in [6.07, 6.45) is 0. The first-order valence-corrected chi connectivity index (χ1v) is 6.62. The van der Waals surface area contributed by atoms with Gasteiger partial charge in [-0.2, -0.15) is 5.21 Å². The van der Waals surface area contributed by atoms with E-state index < -0.39 is 5.97 Å². The van der Waals surface area contributed by atoms with E-state index in [4.69, 9.17) is 5.11 Å². The molecule has 0 amide bonds. The van der Waals surface area contributed by atoms with Crippen LogP contribution in [0.15, 0.2) is 48.5 Å². The van der Waals surface area contributed by atoms with E-state index in [1.54, 1.807) is 24.3 Å². The standard InChI is InChI=1S/C15H13N5O2/c21-15(22)12-3-1-10(2-4-12)9-16-13-7-5-11(6-8-13)14-17-19-20-18-14/h1-8,16H,9H2,(H,21,22)(H,17,18,19,20). The average molecular weight is 295 g/mol. The largest absolute Gasteiger partial charge is 0.478 e. The lowest BCUT2D eigenvalue weighted by Crippen LogP contribution is -2.01. The van der Waals surface area contributed by atoms with Gasteiger partial charge in [0.05, 0.1) is 5.56 Å². The number of aromatic nitrogens is 4. The first-order valence-electron chi connectivity index (χ1n) is 6.62. The van der Waals surface area contributed by atoms with Crippen LogP contribution >= 0.6 is 0 Å². The number of benzene rings is 2. The third-order valence-corrected chi connectivity index (χ3v) is 3.19. The molecule has 0 radical (unpaired) electrons. The van der Waals surface area contributed by atoms with Gasteiger partial charge in [0.1, 0.15) is 0 Å². The maximum atomic E-state index is 10.8. The van der Waals surface area contributed by atoms with Crippen LogP contribution in [0.5, 0.6) is 0 Å². The lowest BCUT2D eigenvalue weighted by molar-refractivity contribution is 0.0697. The molecule has 0 unspecified atom stereocenters. The molecule has 3 rings (SSSR count). The van der Waals surface area contributed by atoms with E-state index in [0.717, 1.165) is 16.8 Å². The van der Waals surface area contributed by atoms with E-state index in [-0.39, 0.29) is 5.56 Å². The number of hydrogen-bond acceptors (Lipinski definition) is 5. The van der Waals surface area contributed by atoms with Crippen molar-refractivity contribution in [2.45, 2.75) is 6.54 Å². The van der Waals surface area contributed by atoms with Crippen LogP contribution in [0, 0.1) is 0 Å². The molecule has 0 aliphatic heterocycles. The first kappa shape index (κ1) is 13.7. The quantitative estimate of drug-likeness (QED) is 0.666. The van der Waals surface area contributed by atoms with Gasteiger partial charge in [0, 0.05) is 17.8 Å². The Morgan fingerprint density at radius 2 is 1.82 bits per heavy atom. The molecule has 0 atom stereocenters. The van der Waals surface area contributed by atoms with Crippen LogP contribution in [-0.4, -0.2) is 31.7 Å². The Labute approximate surface area is 126 Å². The van der Waals surface area contributed by atoms with Gasteiger partial charge in [-0.25, -0.2) is 4.79 Å². The van der Waals surface area contributed by atoms with Crippen molar-refractivity contribution in [2.24, 2.45) is 0 Å². The topological polar surface area (TPSA) is 104 Å². The van der Waals surface area contributed by atoms with Crippen molar-refractivity contribution in [2.75, 3.05) is 5.32 Å². The molecule has 0 spiro atoms. The van der Waals surface area contributed by atoms with Gasteiger partial charge in [-0.1, -0.05) is 12.1 Å². The van der Waals surface area contributed by atoms with Crippen molar-refractivity contribution in [1.29, 1.82) is 0 Å². The van der Waals surface area contributed by atoms with E-state index in [1.807, 2.05) is 24.3 Å². The monoisotopic (exact) mass is 295 g/mol. The second kappa shape index (κ2) is 6.04. The molecule has 3 N–H and O–H groups in total. The van der Waals surface area contributed by atoms with Crippen LogP contribution in [0.4, 0.5) is 5.69 Å². The number of carboxylic acids is 1. The molecule has 0 fully saturated rings. The van der Waals surface area contributed by atoms with Crippen molar-refractivity contribution in [3.63, 3.8) is 0 Å². The number of nitrogens with one attached hydrogen (secondary N) is 2. The van der Waals surface area contributed by atoms with E-state index in [0.29, 0.717) is 12.4 Å². The number of carbonyl (C=O) groups is 1. The summed E-state index contributed by atoms with van der Waals surface area (Å²) in [6.45, 7) is 0.613. The van der Waals surface area contributed by atoms with E-state index in [9.17, 15) is 4.79 Å². The van der Waals surface area contributed by atoms with Gasteiger partial charge < -0.3 is 10.4 Å². The molecular formula is C15H13N5O2. The first-order chi connectivity index (χ1) is 10.7. The van der Waals surface area contributed by atoms with Crippen molar-refractivity contribution < 1.29 is 9.90 Å². The summed E-state index contributed by atoms with van der Waals surface area (Å²) in [4.78, 5) is 10.8. The molecule has 0 saturated heterocycles. The zero-order chi connectivity index (χ0) is 15.4. The SMILES string of the molecule is O=C(O)c1ccc(CNc2ccc(-c3nn[nH]n3)cc2)cc1. The molecule has 1 heterocycles. The molecule has 0 aliphatic carbocycles. The van der Waals surface area contributed by atoms with Crippen molar-refractivity contribution in [1.82, 2.24) is 20.6 Å². The smallest absolute Gasteiger partial charge is 0.335 e. The summed E-state index contributed by atoms with van der Waals surface area (Å²) in [6, 6.07) is 14.4. The van der Waals surface area contributed by atoms with Crippen LogP contribution in [-0.2, 0) is 6.54 Å². The predicted molar refractivity (Wildman–Crippen MR) is 80.3 cm³/mol. The average Bonchev–Trinajstić information content (AvgIpc) is 3.08. The lowest BCUT2D eigenvalue weighted by Gasteiger charge is -2.07. The predicted octanol–water partition coefficient (Wildman–Crippen LogP) is 2.18. The minimum absolute atomic E-state index is 0.285. The number of aromatic carboxylic acids is 1. The number of tetrazole rings is 1. The van der Waals surface area contributed by atoms with Gasteiger partial charge in [0.2, 0.25) is 5.82 Å². The van der Waals surface area contributed by atoms with Crippen molar-refractivity contribution in [3.05, 3.63) is 59.7 Å². The molecular weight excluding hydrogens is 282 g/mol. The number of rotatable bonds is 5. The van der Waals surface area contributed by atoms with Crippen molar-refractivity contribution in [3.8, 4) is 11.4 Å². The molecule has 22 heavy (non-hydrogen) atoms. The minimum atomic E-state index is -0.920. The second-order valence-corrected chi connectivity index (χ2v) is 4.67. The highest BCUT2D eigenvalue weighted by molar-refractivity contribution is 5.87. The number of nitrogens with zero attached hydrogens (tertiary/aromatic N) is 3. The van der Waals surface area contributed by atoms with Crippen LogP contribution in [0.2, 0.25) is 0 Å². The molecule has 0 bridgehead atoms. The fourth-order valence-corrected chi connectivity index (χ4v) is 1.99. The van der Waals surface area contributed by atoms with Gasteiger partial charge >= 0.3 is 5.97 Å². The molecule has 7 heteroatoms. The summed E-state index contributed by atoms with van der Waals surface area (Å²) in [5.41, 5.74) is 3.13. The van der Waals surface area contributed by atoms with E-state index in [2.05, 4.69) is 25.9 Å². The Morgan fingerprint density at radius 3 is 2.41 bits per heavy atom. The fourth-order valence-electron chi connectivity index (χ4n) is 1.99. The van der Waals surface area contributed by atoms with Crippen molar-refractivity contribution >= 4 is 11.7 Å². The third-order valence-electron chi connectivity index (χ3n) is 3.19. The summed E-state index contributed by atoms with van der Waals surface area (Å²) < 4.78 is 0. The maximum absolute atomic E-state index is 10.8. The molecule has 0 aliphatic rings. The fraction of sp³-hybridized carbons (Fsp3) is 0.0667. The summed E-state index contributed by atoms with van der Waals surface area (Å²) in [5, 5.41) is 25.9. The Hall–Kier alpha value is -3.22. The Morgan fingerprint density at radius 1 is 1.09 bits per heavy atom. The molecule has 2 aromatic carbocycles. The van der Waals surface area contributed by atoms with Crippen LogP contribution in [0.1, 0.15) is 15.9 Å². The summed E-state index contributed by atoms with van der Waals surface area (Å²) >= 11 is 0. The van der Waals surface area contributed by atoms with Crippen LogP contribution in [0.3, 0.4) is 0 Å². The highest BCUT2D eigenvalue weighted by atomic mass is 16.4. The van der Waals surface area contributed by atoms with E-state index >= 15 is 0 Å². The summed E-state index contributed by atoms with van der Waals surface area (Å²) in [5.74, 6) is -0.368. The highest BCUT2D eigenvalue weighted by Crippen LogP contribution is 2.17. The molecule has 110 valence electrons. The van der Waals surface area contributed by atoms with E-state index in [1.165, 1.54) is 0 Å². The van der Waals surface area contributed by atoms with Gasteiger partial charge in [-0.3, -0.25) is 0 Å². The number of aromatic amines is 1. The third kappa shape index (κ3) is 3.09. The minimum Gasteiger partial charge on any atom is -0.478 e. The zero-order valence-electron chi connectivity index (χ0n) is 11.5. The lowest BCUT2D eigenvalue weighted by atomic mass is 10.1. The number of carboxylic acid groups (broad SMARTS) is 1. The molecule has 0 saturated carbocycles. The molecule has 1 aromatic heterocycles. The Kier molecular flexibility index (Phi) is 3.78. The Balaban J connectivity index is 1.63. The number of hydrogen-bond donors (Lipinski definition) is 3. The zero-order valence-corrected chi connectivity index (χ0v) is 11.5. The molecule has 3 aromatic rings. The summed E-state index contributed by atoms with van der Waals surface area (Å²) in [7, 11) is 0. The normalized spacial score (nSPS) is 10.4. The van der Waals surface area contributed by atoms with Crippen LogP contribution in [0.25, 0.3) is 11.4 Å². The highest BCUT2D eigenvalue weighted by Gasteiger charge is 2.03. The van der Waals surface area contributed by atoms with Gasteiger partial charge in [-0.05, 0) is 47.2 Å².